The van der Waals surface area contributed by atoms with Gasteiger partial charge in [0.15, 0.2) is 5.82 Å². The molecule has 162 valence electrons. The number of carbonyl (C=O) groups is 1. The van der Waals surface area contributed by atoms with Crippen LogP contribution in [0.3, 0.4) is 0 Å². The van der Waals surface area contributed by atoms with Crippen molar-refractivity contribution in [3.8, 4) is 6.01 Å². The molecule has 1 aromatic heterocycles. The molecule has 1 heterocycles. The highest BCUT2D eigenvalue weighted by atomic mass is 32.2. The second-order valence-corrected chi connectivity index (χ2v) is 8.96. The van der Waals surface area contributed by atoms with E-state index >= 15 is 0 Å². The van der Waals surface area contributed by atoms with E-state index < -0.39 is 15.8 Å². The number of nitrogens with zero attached hydrogens (tertiary/aromatic N) is 2. The van der Waals surface area contributed by atoms with Crippen molar-refractivity contribution in [1.82, 2.24) is 14.7 Å². The maximum atomic E-state index is 12.9. The van der Waals surface area contributed by atoms with E-state index in [9.17, 15) is 17.6 Å². The molecule has 1 aliphatic rings. The standard InChI is InChI=1S/C20H25FN4O4S/c1-3-19(26)24-16-6-9-18(13(2)10-16)30(27,28)25-15-4-7-17(8-5-15)29-20-22-11-14(21)12-23-20/h6,9-12,15,17,25H,3-5,7-8H2,1-2H3,(H,24,26). The maximum absolute atomic E-state index is 12.9. The van der Waals surface area contributed by atoms with Gasteiger partial charge in [0.2, 0.25) is 15.9 Å². The van der Waals surface area contributed by atoms with E-state index in [1.54, 1.807) is 26.0 Å². The first kappa shape index (κ1) is 22.1. The maximum Gasteiger partial charge on any atom is 0.316 e. The van der Waals surface area contributed by atoms with Crippen molar-refractivity contribution in [2.45, 2.75) is 63.0 Å². The Kier molecular flexibility index (Phi) is 6.99. The summed E-state index contributed by atoms with van der Waals surface area (Å²) in [6.07, 6.45) is 4.78. The van der Waals surface area contributed by atoms with Gasteiger partial charge in [-0.2, -0.15) is 0 Å². The average Bonchev–Trinajstić information content (AvgIpc) is 2.70. The number of aryl methyl sites for hydroxylation is 1. The van der Waals surface area contributed by atoms with Crippen LogP contribution in [0.1, 0.15) is 44.6 Å². The summed E-state index contributed by atoms with van der Waals surface area (Å²) in [5.74, 6) is -0.662. The van der Waals surface area contributed by atoms with Gasteiger partial charge in [0, 0.05) is 18.2 Å². The molecule has 0 unspecified atom stereocenters. The molecule has 0 bridgehead atoms. The van der Waals surface area contributed by atoms with Crippen LogP contribution >= 0.6 is 0 Å². The second-order valence-electron chi connectivity index (χ2n) is 7.28. The molecule has 0 aliphatic heterocycles. The molecule has 2 aromatic rings. The van der Waals surface area contributed by atoms with Crippen LogP contribution in [0.5, 0.6) is 6.01 Å². The zero-order chi connectivity index (χ0) is 21.7. The molecule has 0 radical (unpaired) electrons. The molecular formula is C20H25FN4O4S. The van der Waals surface area contributed by atoms with Gasteiger partial charge in [-0.25, -0.2) is 27.5 Å². The molecule has 0 saturated heterocycles. The van der Waals surface area contributed by atoms with Crippen LogP contribution in [-0.4, -0.2) is 36.4 Å². The van der Waals surface area contributed by atoms with Gasteiger partial charge in [-0.15, -0.1) is 0 Å². The third kappa shape index (κ3) is 5.73. The van der Waals surface area contributed by atoms with Crippen LogP contribution < -0.4 is 14.8 Å². The lowest BCUT2D eigenvalue weighted by Crippen LogP contribution is -2.40. The Bertz CT molecular complexity index is 990. The van der Waals surface area contributed by atoms with E-state index in [0.717, 1.165) is 12.4 Å². The molecule has 2 N–H and O–H groups in total. The van der Waals surface area contributed by atoms with Crippen molar-refractivity contribution in [1.29, 1.82) is 0 Å². The molecule has 30 heavy (non-hydrogen) atoms. The molecule has 1 aliphatic carbocycles. The number of hydrogen-bond donors (Lipinski definition) is 2. The van der Waals surface area contributed by atoms with Gasteiger partial charge in [0.25, 0.3) is 0 Å². The number of benzene rings is 1. The first-order valence-electron chi connectivity index (χ1n) is 9.84. The third-order valence-electron chi connectivity index (χ3n) is 4.93. The van der Waals surface area contributed by atoms with Crippen molar-refractivity contribution >= 4 is 21.6 Å². The van der Waals surface area contributed by atoms with E-state index in [-0.39, 0.29) is 29.0 Å². The summed E-state index contributed by atoms with van der Waals surface area (Å²) in [4.78, 5) is 19.3. The number of nitrogens with one attached hydrogen (secondary N) is 2. The predicted octanol–water partition coefficient (Wildman–Crippen LogP) is 2.94. The fourth-order valence-electron chi connectivity index (χ4n) is 3.37. The van der Waals surface area contributed by atoms with Crippen LogP contribution in [0, 0.1) is 12.7 Å². The first-order chi connectivity index (χ1) is 14.3. The van der Waals surface area contributed by atoms with Crippen molar-refractivity contribution in [2.24, 2.45) is 0 Å². The Morgan fingerprint density at radius 3 is 2.47 bits per heavy atom. The zero-order valence-electron chi connectivity index (χ0n) is 16.9. The highest BCUT2D eigenvalue weighted by molar-refractivity contribution is 7.89. The lowest BCUT2D eigenvalue weighted by molar-refractivity contribution is -0.115. The molecule has 1 aromatic carbocycles. The molecule has 10 heteroatoms. The summed E-state index contributed by atoms with van der Waals surface area (Å²) in [6.45, 7) is 3.45. The minimum absolute atomic E-state index is 0.117. The average molecular weight is 437 g/mol. The summed E-state index contributed by atoms with van der Waals surface area (Å²) in [5, 5.41) is 2.72. The van der Waals surface area contributed by atoms with Crippen LogP contribution in [-0.2, 0) is 14.8 Å². The highest BCUT2D eigenvalue weighted by Crippen LogP contribution is 2.25. The fraction of sp³-hybridized carbons (Fsp3) is 0.450. The number of aromatic nitrogens is 2. The third-order valence-corrected chi connectivity index (χ3v) is 6.61. The summed E-state index contributed by atoms with van der Waals surface area (Å²) in [6, 6.07) is 4.65. The summed E-state index contributed by atoms with van der Waals surface area (Å²) in [7, 11) is -3.69. The van der Waals surface area contributed by atoms with E-state index in [4.69, 9.17) is 4.74 Å². The molecule has 1 saturated carbocycles. The number of halogens is 1. The summed E-state index contributed by atoms with van der Waals surface area (Å²) < 4.78 is 46.9. The number of carbonyl (C=O) groups excluding carboxylic acids is 1. The van der Waals surface area contributed by atoms with Crippen LogP contribution in [0.2, 0.25) is 0 Å². The minimum Gasteiger partial charge on any atom is -0.460 e. The van der Waals surface area contributed by atoms with Crippen LogP contribution in [0.25, 0.3) is 0 Å². The molecule has 0 atom stereocenters. The molecule has 1 fully saturated rings. The quantitative estimate of drug-likeness (QED) is 0.691. The van der Waals surface area contributed by atoms with Gasteiger partial charge in [-0.05, 0) is 56.4 Å². The zero-order valence-corrected chi connectivity index (χ0v) is 17.7. The lowest BCUT2D eigenvalue weighted by Gasteiger charge is -2.28. The predicted molar refractivity (Wildman–Crippen MR) is 109 cm³/mol. The van der Waals surface area contributed by atoms with E-state index in [0.29, 0.717) is 43.4 Å². The number of anilines is 1. The summed E-state index contributed by atoms with van der Waals surface area (Å²) in [5.41, 5.74) is 1.13. The SMILES string of the molecule is CCC(=O)Nc1ccc(S(=O)(=O)NC2CCC(Oc3ncc(F)cn3)CC2)c(C)c1. The van der Waals surface area contributed by atoms with Crippen LogP contribution in [0.15, 0.2) is 35.5 Å². The van der Waals surface area contributed by atoms with E-state index in [1.807, 2.05) is 0 Å². The van der Waals surface area contributed by atoms with Gasteiger partial charge >= 0.3 is 6.01 Å². The fourth-order valence-corrected chi connectivity index (χ4v) is 4.90. The number of ether oxygens (including phenoxy) is 1. The van der Waals surface area contributed by atoms with Gasteiger partial charge in [-0.1, -0.05) is 6.92 Å². The Morgan fingerprint density at radius 1 is 1.20 bits per heavy atom. The highest BCUT2D eigenvalue weighted by Gasteiger charge is 2.28. The monoisotopic (exact) mass is 436 g/mol. The largest absolute Gasteiger partial charge is 0.460 e. The van der Waals surface area contributed by atoms with Gasteiger partial charge in [0.05, 0.1) is 17.3 Å². The van der Waals surface area contributed by atoms with Gasteiger partial charge < -0.3 is 10.1 Å². The van der Waals surface area contributed by atoms with Gasteiger partial charge in [0.1, 0.15) is 6.10 Å². The summed E-state index contributed by atoms with van der Waals surface area (Å²) >= 11 is 0. The first-order valence-corrected chi connectivity index (χ1v) is 11.3. The van der Waals surface area contributed by atoms with Gasteiger partial charge in [-0.3, -0.25) is 4.79 Å². The number of hydrogen-bond acceptors (Lipinski definition) is 6. The van der Waals surface area contributed by atoms with Crippen molar-refractivity contribution in [2.75, 3.05) is 5.32 Å². The lowest BCUT2D eigenvalue weighted by atomic mass is 9.94. The minimum atomic E-state index is -3.69. The smallest absolute Gasteiger partial charge is 0.316 e. The Morgan fingerprint density at radius 2 is 1.87 bits per heavy atom. The van der Waals surface area contributed by atoms with E-state index in [1.165, 1.54) is 6.07 Å². The molecule has 0 spiro atoms. The van der Waals surface area contributed by atoms with Crippen molar-refractivity contribution in [3.05, 3.63) is 42.0 Å². The second kappa shape index (κ2) is 9.48. The van der Waals surface area contributed by atoms with Crippen LogP contribution in [0.4, 0.5) is 10.1 Å². The normalized spacial score (nSPS) is 19.3. The molecule has 1 amide bonds. The van der Waals surface area contributed by atoms with E-state index in [2.05, 4.69) is 20.0 Å². The molecule has 3 rings (SSSR count). The Balaban J connectivity index is 1.57. The molecule has 8 nitrogen and oxygen atoms in total. The number of sulfonamides is 1. The Labute approximate surface area is 175 Å². The topological polar surface area (TPSA) is 110 Å². The Hall–Kier alpha value is -2.59. The molecular weight excluding hydrogens is 411 g/mol. The van der Waals surface area contributed by atoms with Crippen molar-refractivity contribution in [3.63, 3.8) is 0 Å². The number of rotatable bonds is 7. The van der Waals surface area contributed by atoms with Crippen molar-refractivity contribution < 1.29 is 22.3 Å². The number of amides is 1.